The van der Waals surface area contributed by atoms with Crippen molar-refractivity contribution < 1.29 is 38.4 Å². The molecule has 13 heteroatoms. The lowest BCUT2D eigenvalue weighted by molar-refractivity contribution is -0.394. The van der Waals surface area contributed by atoms with E-state index < -0.39 is 33.2 Å². The summed E-state index contributed by atoms with van der Waals surface area (Å²) in [6, 6.07) is 5.96. The molecule has 0 saturated carbocycles. The van der Waals surface area contributed by atoms with Crippen LogP contribution < -0.4 is 9.47 Å². The molecule has 0 saturated heterocycles. The summed E-state index contributed by atoms with van der Waals surface area (Å²) in [5, 5.41) is 22.4. The van der Waals surface area contributed by atoms with E-state index in [1.807, 2.05) is 22.6 Å². The molecule has 12 nitrogen and oxygen atoms in total. The summed E-state index contributed by atoms with van der Waals surface area (Å²) in [7, 11) is 2.23. The summed E-state index contributed by atoms with van der Waals surface area (Å²) in [5.74, 6) is -1.80. The second-order valence-corrected chi connectivity index (χ2v) is 7.23. The van der Waals surface area contributed by atoms with Crippen molar-refractivity contribution in [3.63, 3.8) is 0 Å². The van der Waals surface area contributed by atoms with Crippen LogP contribution in [0.25, 0.3) is 6.08 Å². The van der Waals surface area contributed by atoms with Crippen molar-refractivity contribution in [3.8, 4) is 17.2 Å². The van der Waals surface area contributed by atoms with Crippen LogP contribution in [-0.2, 0) is 19.1 Å². The van der Waals surface area contributed by atoms with E-state index in [1.165, 1.54) is 18.2 Å². The number of carbonyl (C=O) groups excluding carboxylic acids is 2. The van der Waals surface area contributed by atoms with E-state index in [1.54, 1.807) is 6.92 Å². The maximum absolute atomic E-state index is 11.9. The molecule has 0 aliphatic carbocycles. The van der Waals surface area contributed by atoms with Crippen molar-refractivity contribution in [2.24, 2.45) is 0 Å². The molecular weight excluding hydrogens is 555 g/mol. The fourth-order valence-corrected chi connectivity index (χ4v) is 3.31. The molecule has 2 aromatic rings. The minimum Gasteiger partial charge on any atom is -0.490 e. The molecule has 0 atom stereocenters. The van der Waals surface area contributed by atoms with Gasteiger partial charge in [0.05, 0.1) is 40.3 Å². The van der Waals surface area contributed by atoms with Crippen LogP contribution in [0.3, 0.4) is 0 Å². The number of ether oxygens (including phenoxy) is 4. The third kappa shape index (κ3) is 6.15. The minimum absolute atomic E-state index is 0.101. The third-order valence-electron chi connectivity index (χ3n) is 4.02. The van der Waals surface area contributed by atoms with Gasteiger partial charge in [0, 0.05) is 6.07 Å². The van der Waals surface area contributed by atoms with Crippen LogP contribution in [0.4, 0.5) is 11.4 Å². The Morgan fingerprint density at radius 2 is 1.64 bits per heavy atom. The molecule has 0 heterocycles. The minimum atomic E-state index is -0.906. The highest BCUT2D eigenvalue weighted by molar-refractivity contribution is 14.1. The van der Waals surface area contributed by atoms with Gasteiger partial charge < -0.3 is 18.9 Å². The lowest BCUT2D eigenvalue weighted by atomic mass is 10.1. The van der Waals surface area contributed by atoms with Gasteiger partial charge in [0.25, 0.3) is 5.69 Å². The smallest absolute Gasteiger partial charge is 0.345 e. The van der Waals surface area contributed by atoms with Crippen LogP contribution in [-0.4, -0.2) is 42.6 Å². The Morgan fingerprint density at radius 1 is 1.00 bits per heavy atom. The van der Waals surface area contributed by atoms with Gasteiger partial charge in [-0.1, -0.05) is 0 Å². The van der Waals surface area contributed by atoms with Gasteiger partial charge >= 0.3 is 17.6 Å². The van der Waals surface area contributed by atoms with Gasteiger partial charge in [-0.15, -0.1) is 0 Å². The van der Waals surface area contributed by atoms with Gasteiger partial charge in [-0.2, -0.15) is 0 Å². The fraction of sp³-hybridized carbons (Fsp3) is 0.200. The summed E-state index contributed by atoms with van der Waals surface area (Å²) in [6.45, 7) is 1.89. The Labute approximate surface area is 200 Å². The molecule has 2 aromatic carbocycles. The van der Waals surface area contributed by atoms with Crippen molar-refractivity contribution >= 4 is 52.0 Å². The molecule has 0 fully saturated rings. The number of nitro groups is 2. The van der Waals surface area contributed by atoms with E-state index in [4.69, 9.17) is 9.47 Å². The molecule has 0 aliphatic heterocycles. The normalized spacial score (nSPS) is 10.1. The van der Waals surface area contributed by atoms with Crippen LogP contribution >= 0.6 is 22.6 Å². The highest BCUT2D eigenvalue weighted by Crippen LogP contribution is 2.41. The number of halogens is 1. The number of nitro benzene ring substituents is 2. The second-order valence-electron chi connectivity index (χ2n) is 6.07. The summed E-state index contributed by atoms with van der Waals surface area (Å²) < 4.78 is 20.9. The SMILES string of the molecule is CCOc1cc(C=C(C(=O)OC)C(=O)OC)cc(I)c1Oc1ccc([N+](=O)[O-])cc1[N+](=O)[O-]. The standard InChI is InChI=1S/C20H17IN2O10/c1-4-32-17-9-11(7-13(19(24)30-2)20(25)31-3)8-14(21)18(17)33-16-6-5-12(22(26)27)10-15(16)23(28)29/h5-10H,4H2,1-3H3. The second kappa shape index (κ2) is 11.2. The zero-order valence-corrected chi connectivity index (χ0v) is 19.7. The van der Waals surface area contributed by atoms with Crippen molar-refractivity contribution in [1.82, 2.24) is 0 Å². The van der Waals surface area contributed by atoms with Crippen molar-refractivity contribution in [1.29, 1.82) is 0 Å². The van der Waals surface area contributed by atoms with Gasteiger partial charge in [-0.05, 0) is 59.4 Å². The average molecular weight is 572 g/mol. The van der Waals surface area contributed by atoms with E-state index in [9.17, 15) is 29.8 Å². The van der Waals surface area contributed by atoms with E-state index in [2.05, 4.69) is 9.47 Å². The molecule has 0 unspecified atom stereocenters. The number of nitrogens with zero attached hydrogens (tertiary/aromatic N) is 2. The summed E-state index contributed by atoms with van der Waals surface area (Å²) in [6.07, 6.45) is 1.24. The number of hydrogen-bond donors (Lipinski definition) is 0. The molecule has 33 heavy (non-hydrogen) atoms. The molecule has 0 bridgehead atoms. The lowest BCUT2D eigenvalue weighted by Crippen LogP contribution is -2.15. The zero-order chi connectivity index (χ0) is 24.7. The van der Waals surface area contributed by atoms with Crippen LogP contribution in [0.5, 0.6) is 17.2 Å². The fourth-order valence-electron chi connectivity index (χ4n) is 2.58. The highest BCUT2D eigenvalue weighted by atomic mass is 127. The average Bonchev–Trinajstić information content (AvgIpc) is 2.78. The van der Waals surface area contributed by atoms with Crippen LogP contribution in [0, 0.1) is 23.8 Å². The van der Waals surface area contributed by atoms with Gasteiger partial charge in [0.15, 0.2) is 11.5 Å². The monoisotopic (exact) mass is 572 g/mol. The first-order chi connectivity index (χ1) is 15.6. The van der Waals surface area contributed by atoms with E-state index in [0.717, 1.165) is 32.4 Å². The first-order valence-corrected chi connectivity index (χ1v) is 10.2. The first kappa shape index (κ1) is 25.5. The zero-order valence-electron chi connectivity index (χ0n) is 17.5. The van der Waals surface area contributed by atoms with Crippen molar-refractivity contribution in [2.45, 2.75) is 6.92 Å². The van der Waals surface area contributed by atoms with E-state index in [-0.39, 0.29) is 29.4 Å². The number of non-ortho nitro benzene ring substituents is 1. The third-order valence-corrected chi connectivity index (χ3v) is 4.82. The lowest BCUT2D eigenvalue weighted by Gasteiger charge is -2.15. The molecule has 0 radical (unpaired) electrons. The van der Waals surface area contributed by atoms with Gasteiger partial charge in [0.2, 0.25) is 5.75 Å². The van der Waals surface area contributed by atoms with Crippen molar-refractivity contribution in [3.05, 3.63) is 65.3 Å². The van der Waals surface area contributed by atoms with Gasteiger partial charge in [-0.25, -0.2) is 9.59 Å². The topological polar surface area (TPSA) is 157 Å². The number of benzene rings is 2. The first-order valence-electron chi connectivity index (χ1n) is 9.08. The maximum atomic E-state index is 11.9. The van der Waals surface area contributed by atoms with Crippen LogP contribution in [0.15, 0.2) is 35.9 Å². The number of methoxy groups -OCH3 is 2. The number of esters is 2. The van der Waals surface area contributed by atoms with Gasteiger partial charge in [-0.3, -0.25) is 20.2 Å². The molecule has 0 amide bonds. The number of hydrogen-bond acceptors (Lipinski definition) is 10. The molecule has 0 aromatic heterocycles. The Morgan fingerprint density at radius 3 is 2.15 bits per heavy atom. The molecule has 0 spiro atoms. The van der Waals surface area contributed by atoms with Crippen LogP contribution in [0.2, 0.25) is 0 Å². The molecule has 0 N–H and O–H groups in total. The van der Waals surface area contributed by atoms with Crippen LogP contribution in [0.1, 0.15) is 12.5 Å². The Bertz CT molecular complexity index is 1130. The predicted molar refractivity (Wildman–Crippen MR) is 122 cm³/mol. The summed E-state index contributed by atoms with van der Waals surface area (Å²) >= 11 is 1.88. The van der Waals surface area contributed by atoms with E-state index in [0.29, 0.717) is 9.13 Å². The largest absolute Gasteiger partial charge is 0.490 e. The Hall–Kier alpha value is -3.75. The number of carbonyl (C=O) groups is 2. The Balaban J connectivity index is 2.59. The predicted octanol–water partition coefficient (Wildman–Crippen LogP) is 4.03. The summed E-state index contributed by atoms with van der Waals surface area (Å²) in [4.78, 5) is 44.7. The molecule has 0 aliphatic rings. The quantitative estimate of drug-likeness (QED) is 0.0817. The molecular formula is C20H17IN2O10. The van der Waals surface area contributed by atoms with E-state index >= 15 is 0 Å². The number of rotatable bonds is 9. The summed E-state index contributed by atoms with van der Waals surface area (Å²) in [5.41, 5.74) is -1.07. The molecule has 174 valence electrons. The van der Waals surface area contributed by atoms with Gasteiger partial charge in [0.1, 0.15) is 5.57 Å². The highest BCUT2D eigenvalue weighted by Gasteiger charge is 2.24. The van der Waals surface area contributed by atoms with Crippen molar-refractivity contribution in [2.75, 3.05) is 20.8 Å². The Kier molecular flexibility index (Phi) is 8.67. The maximum Gasteiger partial charge on any atom is 0.345 e. The molecule has 2 rings (SSSR count).